The van der Waals surface area contributed by atoms with Gasteiger partial charge in [-0.05, 0) is 25.0 Å². The summed E-state index contributed by atoms with van der Waals surface area (Å²) in [6.07, 6.45) is 2.85. The van der Waals surface area contributed by atoms with Gasteiger partial charge in [-0.1, -0.05) is 25.3 Å². The molecule has 1 aliphatic carbocycles. The van der Waals surface area contributed by atoms with Crippen LogP contribution in [0.15, 0.2) is 18.2 Å². The number of halogens is 2. The first-order valence-corrected chi connectivity index (χ1v) is 6.46. The van der Waals surface area contributed by atoms with Gasteiger partial charge in [0.2, 0.25) is 0 Å². The number of amides is 1. The fourth-order valence-corrected chi connectivity index (χ4v) is 2.51. The highest BCUT2D eigenvalue weighted by molar-refractivity contribution is 5.98. The third-order valence-electron chi connectivity index (χ3n) is 3.67. The Bertz CT molecular complexity index is 539. The first-order valence-electron chi connectivity index (χ1n) is 6.46. The molecule has 1 saturated carbocycles. The first kappa shape index (κ1) is 14.4. The summed E-state index contributed by atoms with van der Waals surface area (Å²) >= 11 is 0. The topological polar surface area (TPSA) is 66.4 Å². The van der Waals surface area contributed by atoms with Crippen molar-refractivity contribution >= 4 is 11.9 Å². The van der Waals surface area contributed by atoms with E-state index in [9.17, 15) is 23.5 Å². The van der Waals surface area contributed by atoms with Gasteiger partial charge in [-0.15, -0.1) is 0 Å². The maximum Gasteiger partial charge on any atom is 0.329 e. The van der Waals surface area contributed by atoms with E-state index in [0.29, 0.717) is 25.7 Å². The average Bonchev–Trinajstić information content (AvgIpc) is 2.42. The Balaban J connectivity index is 2.25. The van der Waals surface area contributed by atoms with Gasteiger partial charge in [-0.2, -0.15) is 0 Å². The molecule has 108 valence electrons. The Kier molecular flexibility index (Phi) is 4.01. The molecule has 0 radical (unpaired) electrons. The molecule has 1 aromatic rings. The molecule has 0 saturated heterocycles. The highest BCUT2D eigenvalue weighted by Gasteiger charge is 2.41. The van der Waals surface area contributed by atoms with Crippen LogP contribution in [-0.4, -0.2) is 22.5 Å². The van der Waals surface area contributed by atoms with Gasteiger partial charge < -0.3 is 10.4 Å². The third-order valence-corrected chi connectivity index (χ3v) is 3.67. The quantitative estimate of drug-likeness (QED) is 0.895. The van der Waals surface area contributed by atoms with Crippen LogP contribution in [-0.2, 0) is 4.79 Å². The molecule has 2 rings (SSSR count). The van der Waals surface area contributed by atoms with E-state index in [-0.39, 0.29) is 0 Å². The summed E-state index contributed by atoms with van der Waals surface area (Å²) in [5.74, 6) is -4.43. The number of hydrogen-bond acceptors (Lipinski definition) is 2. The molecule has 1 aromatic carbocycles. The SMILES string of the molecule is O=C(NC1(C(=O)O)CCCCC1)c1cccc(F)c1F. The molecule has 0 heterocycles. The molecule has 20 heavy (non-hydrogen) atoms. The molecular formula is C14H15F2NO3. The Morgan fingerprint density at radius 1 is 1.15 bits per heavy atom. The van der Waals surface area contributed by atoms with Gasteiger partial charge in [0.05, 0.1) is 5.56 Å². The second-order valence-electron chi connectivity index (χ2n) is 5.00. The molecule has 4 nitrogen and oxygen atoms in total. The average molecular weight is 283 g/mol. The van der Waals surface area contributed by atoms with Gasteiger partial charge in [-0.3, -0.25) is 4.79 Å². The largest absolute Gasteiger partial charge is 0.480 e. The van der Waals surface area contributed by atoms with Crippen LogP contribution in [0.1, 0.15) is 42.5 Å². The fourth-order valence-electron chi connectivity index (χ4n) is 2.51. The minimum Gasteiger partial charge on any atom is -0.480 e. The summed E-state index contributed by atoms with van der Waals surface area (Å²) in [5, 5.41) is 11.7. The molecule has 6 heteroatoms. The lowest BCUT2D eigenvalue weighted by Gasteiger charge is -2.34. The van der Waals surface area contributed by atoms with Crippen LogP contribution in [0.5, 0.6) is 0 Å². The van der Waals surface area contributed by atoms with Crippen molar-refractivity contribution in [2.75, 3.05) is 0 Å². The number of aliphatic carboxylic acids is 1. The second kappa shape index (κ2) is 5.56. The zero-order chi connectivity index (χ0) is 14.8. The van der Waals surface area contributed by atoms with Crippen LogP contribution < -0.4 is 5.32 Å². The van der Waals surface area contributed by atoms with Crippen molar-refractivity contribution in [3.05, 3.63) is 35.4 Å². The van der Waals surface area contributed by atoms with E-state index in [1.807, 2.05) is 0 Å². The minimum absolute atomic E-state index is 0.297. The number of carbonyl (C=O) groups is 2. The molecule has 0 bridgehead atoms. The maximum atomic E-state index is 13.5. The van der Waals surface area contributed by atoms with Crippen LogP contribution in [0.4, 0.5) is 8.78 Å². The monoisotopic (exact) mass is 283 g/mol. The predicted molar refractivity (Wildman–Crippen MR) is 67.3 cm³/mol. The van der Waals surface area contributed by atoms with E-state index < -0.39 is 34.6 Å². The van der Waals surface area contributed by atoms with Crippen molar-refractivity contribution < 1.29 is 23.5 Å². The van der Waals surface area contributed by atoms with Crippen LogP contribution in [0.3, 0.4) is 0 Å². The molecule has 0 unspecified atom stereocenters. The number of benzene rings is 1. The van der Waals surface area contributed by atoms with E-state index in [1.54, 1.807) is 0 Å². The molecule has 0 aromatic heterocycles. The molecular weight excluding hydrogens is 268 g/mol. The molecule has 0 spiro atoms. The number of carbonyl (C=O) groups excluding carboxylic acids is 1. The van der Waals surface area contributed by atoms with Crippen LogP contribution in [0.25, 0.3) is 0 Å². The Morgan fingerprint density at radius 3 is 2.40 bits per heavy atom. The summed E-state index contributed by atoms with van der Waals surface area (Å²) in [7, 11) is 0. The molecule has 2 N–H and O–H groups in total. The number of carboxylic acids is 1. The molecule has 0 aliphatic heterocycles. The van der Waals surface area contributed by atoms with Gasteiger partial charge in [0.25, 0.3) is 5.91 Å². The zero-order valence-corrected chi connectivity index (χ0v) is 10.8. The van der Waals surface area contributed by atoms with E-state index in [2.05, 4.69) is 5.32 Å². The Morgan fingerprint density at radius 2 is 1.80 bits per heavy atom. The standard InChI is InChI=1S/C14H15F2NO3/c15-10-6-4-5-9(11(10)16)12(18)17-14(13(19)20)7-2-1-3-8-14/h4-6H,1-3,7-8H2,(H,17,18)(H,19,20). The van der Waals surface area contributed by atoms with E-state index >= 15 is 0 Å². The normalized spacial score (nSPS) is 17.5. The van der Waals surface area contributed by atoms with Crippen LogP contribution in [0, 0.1) is 11.6 Å². The van der Waals surface area contributed by atoms with Crippen molar-refractivity contribution in [1.29, 1.82) is 0 Å². The van der Waals surface area contributed by atoms with Gasteiger partial charge in [0.1, 0.15) is 5.54 Å². The van der Waals surface area contributed by atoms with Crippen molar-refractivity contribution in [3.8, 4) is 0 Å². The number of hydrogen-bond donors (Lipinski definition) is 2. The second-order valence-corrected chi connectivity index (χ2v) is 5.00. The van der Waals surface area contributed by atoms with Crippen LogP contribution >= 0.6 is 0 Å². The van der Waals surface area contributed by atoms with Gasteiger partial charge >= 0.3 is 5.97 Å². The highest BCUT2D eigenvalue weighted by Crippen LogP contribution is 2.29. The molecule has 1 amide bonds. The summed E-state index contributed by atoms with van der Waals surface area (Å²) in [5.41, 5.74) is -1.86. The number of rotatable bonds is 3. The van der Waals surface area contributed by atoms with Gasteiger partial charge in [0, 0.05) is 0 Å². The zero-order valence-electron chi connectivity index (χ0n) is 10.8. The van der Waals surface area contributed by atoms with Crippen molar-refractivity contribution in [2.24, 2.45) is 0 Å². The predicted octanol–water partition coefficient (Wildman–Crippen LogP) is 2.48. The van der Waals surface area contributed by atoms with Crippen molar-refractivity contribution in [3.63, 3.8) is 0 Å². The summed E-state index contributed by atoms with van der Waals surface area (Å²) < 4.78 is 26.6. The summed E-state index contributed by atoms with van der Waals surface area (Å²) in [6.45, 7) is 0. The van der Waals surface area contributed by atoms with E-state index in [1.165, 1.54) is 6.07 Å². The lowest BCUT2D eigenvalue weighted by atomic mass is 9.81. The number of nitrogens with one attached hydrogen (secondary N) is 1. The van der Waals surface area contributed by atoms with Gasteiger partial charge in [0.15, 0.2) is 11.6 Å². The molecule has 1 fully saturated rings. The summed E-state index contributed by atoms with van der Waals surface area (Å²) in [6, 6.07) is 3.24. The fraction of sp³-hybridized carbons (Fsp3) is 0.429. The minimum atomic E-state index is -1.38. The van der Waals surface area contributed by atoms with E-state index in [0.717, 1.165) is 18.6 Å². The van der Waals surface area contributed by atoms with Crippen molar-refractivity contribution in [1.82, 2.24) is 5.32 Å². The van der Waals surface area contributed by atoms with Crippen molar-refractivity contribution in [2.45, 2.75) is 37.6 Å². The van der Waals surface area contributed by atoms with E-state index in [4.69, 9.17) is 0 Å². The lowest BCUT2D eigenvalue weighted by Crippen LogP contribution is -2.55. The first-order chi connectivity index (χ1) is 9.46. The van der Waals surface area contributed by atoms with Crippen LogP contribution in [0.2, 0.25) is 0 Å². The summed E-state index contributed by atoms with van der Waals surface area (Å²) in [4.78, 5) is 23.4. The smallest absolute Gasteiger partial charge is 0.329 e. The van der Waals surface area contributed by atoms with Gasteiger partial charge in [-0.25, -0.2) is 13.6 Å². The third kappa shape index (κ3) is 2.64. The Labute approximate surface area is 114 Å². The Hall–Kier alpha value is -1.98. The molecule has 0 atom stereocenters. The molecule has 1 aliphatic rings. The maximum absolute atomic E-state index is 13.5. The highest BCUT2D eigenvalue weighted by atomic mass is 19.2. The number of carboxylic acid groups (broad SMARTS) is 1. The lowest BCUT2D eigenvalue weighted by molar-refractivity contribution is -0.145.